The Morgan fingerprint density at radius 2 is 2.15 bits per heavy atom. The van der Waals surface area contributed by atoms with E-state index in [9.17, 15) is 9.59 Å². The summed E-state index contributed by atoms with van der Waals surface area (Å²) in [5.74, 6) is -1.17. The Morgan fingerprint density at radius 1 is 1.40 bits per heavy atom. The highest BCUT2D eigenvalue weighted by Crippen LogP contribution is 2.26. The maximum atomic E-state index is 11.9. The van der Waals surface area contributed by atoms with E-state index in [0.717, 1.165) is 13.0 Å². The number of rotatable bonds is 5. The molecule has 0 aromatic heterocycles. The summed E-state index contributed by atoms with van der Waals surface area (Å²) < 4.78 is 5.33. The highest BCUT2D eigenvalue weighted by atomic mass is 16.5. The van der Waals surface area contributed by atoms with Crippen molar-refractivity contribution in [1.29, 1.82) is 0 Å². The van der Waals surface area contributed by atoms with Crippen molar-refractivity contribution >= 4 is 11.9 Å². The first kappa shape index (κ1) is 14.5. The summed E-state index contributed by atoms with van der Waals surface area (Å²) in [7, 11) is 0. The van der Waals surface area contributed by atoms with Gasteiger partial charge in [0.2, 0.25) is 5.91 Å². The average Bonchev–Trinajstić information content (AvgIpc) is 2.84. The molecule has 108 valence electrons. The van der Waals surface area contributed by atoms with Crippen molar-refractivity contribution in [3.05, 3.63) is 35.4 Å². The molecule has 1 unspecified atom stereocenters. The number of amides is 1. The van der Waals surface area contributed by atoms with E-state index >= 15 is 0 Å². The molecule has 0 bridgehead atoms. The molecule has 2 N–H and O–H groups in total. The monoisotopic (exact) mass is 277 g/mol. The molecule has 1 heterocycles. The van der Waals surface area contributed by atoms with Crippen LogP contribution < -0.4 is 5.32 Å². The van der Waals surface area contributed by atoms with Crippen molar-refractivity contribution in [1.82, 2.24) is 5.32 Å². The third-order valence-corrected chi connectivity index (χ3v) is 3.61. The zero-order valence-electron chi connectivity index (χ0n) is 11.5. The number of carbonyl (C=O) groups excluding carboxylic acids is 1. The molecule has 2 rings (SSSR count). The zero-order valence-corrected chi connectivity index (χ0v) is 11.5. The number of aromatic carboxylic acids is 1. The molecule has 1 atom stereocenters. The topological polar surface area (TPSA) is 75.6 Å². The minimum atomic E-state index is -1.01. The molecule has 1 aromatic carbocycles. The van der Waals surface area contributed by atoms with E-state index in [1.165, 1.54) is 6.07 Å². The molecule has 1 amide bonds. The van der Waals surface area contributed by atoms with Gasteiger partial charge >= 0.3 is 5.97 Å². The van der Waals surface area contributed by atoms with Crippen LogP contribution in [-0.2, 0) is 16.0 Å². The van der Waals surface area contributed by atoms with Gasteiger partial charge in [-0.3, -0.25) is 4.79 Å². The SMILES string of the molecule is CC1(CNC(=O)Cc2ccccc2C(=O)O)CCOC1. The lowest BCUT2D eigenvalue weighted by molar-refractivity contribution is -0.120. The van der Waals surface area contributed by atoms with Crippen LogP contribution in [0.3, 0.4) is 0 Å². The molecule has 5 heteroatoms. The number of carbonyl (C=O) groups is 2. The predicted octanol–water partition coefficient (Wildman–Crippen LogP) is 1.47. The summed E-state index contributed by atoms with van der Waals surface area (Å²) in [6, 6.07) is 6.57. The molecule has 1 aliphatic rings. The van der Waals surface area contributed by atoms with Gasteiger partial charge in [-0.25, -0.2) is 4.79 Å². The first-order valence-corrected chi connectivity index (χ1v) is 6.66. The summed E-state index contributed by atoms with van der Waals surface area (Å²) in [6.45, 7) is 4.01. The lowest BCUT2D eigenvalue weighted by atomic mass is 9.90. The summed E-state index contributed by atoms with van der Waals surface area (Å²) in [6.07, 6.45) is 1.01. The van der Waals surface area contributed by atoms with Crippen molar-refractivity contribution in [3.63, 3.8) is 0 Å². The van der Waals surface area contributed by atoms with E-state index in [1.807, 2.05) is 0 Å². The van der Waals surface area contributed by atoms with Crippen LogP contribution in [0.4, 0.5) is 0 Å². The molecule has 0 radical (unpaired) electrons. The van der Waals surface area contributed by atoms with Gasteiger partial charge in [-0.1, -0.05) is 25.1 Å². The highest BCUT2D eigenvalue weighted by molar-refractivity contribution is 5.91. The average molecular weight is 277 g/mol. The van der Waals surface area contributed by atoms with Crippen LogP contribution >= 0.6 is 0 Å². The smallest absolute Gasteiger partial charge is 0.335 e. The van der Waals surface area contributed by atoms with Crippen LogP contribution in [0, 0.1) is 5.41 Å². The Kier molecular flexibility index (Phi) is 4.39. The number of hydrogen-bond donors (Lipinski definition) is 2. The Morgan fingerprint density at radius 3 is 2.80 bits per heavy atom. The Labute approximate surface area is 117 Å². The van der Waals surface area contributed by atoms with Gasteiger partial charge in [0.1, 0.15) is 0 Å². The molecule has 1 aromatic rings. The van der Waals surface area contributed by atoms with E-state index in [0.29, 0.717) is 18.7 Å². The molecule has 0 spiro atoms. The van der Waals surface area contributed by atoms with E-state index in [2.05, 4.69) is 12.2 Å². The molecule has 20 heavy (non-hydrogen) atoms. The number of carboxylic acid groups (broad SMARTS) is 1. The number of hydrogen-bond acceptors (Lipinski definition) is 3. The third kappa shape index (κ3) is 3.57. The van der Waals surface area contributed by atoms with Gasteiger partial charge in [-0.15, -0.1) is 0 Å². The third-order valence-electron chi connectivity index (χ3n) is 3.61. The van der Waals surface area contributed by atoms with Crippen molar-refractivity contribution in [2.75, 3.05) is 19.8 Å². The van der Waals surface area contributed by atoms with Crippen LogP contribution in [-0.4, -0.2) is 36.7 Å². The van der Waals surface area contributed by atoms with Crippen molar-refractivity contribution in [2.24, 2.45) is 5.41 Å². The minimum Gasteiger partial charge on any atom is -0.478 e. The second kappa shape index (κ2) is 6.05. The number of benzene rings is 1. The first-order chi connectivity index (χ1) is 9.50. The van der Waals surface area contributed by atoms with E-state index < -0.39 is 5.97 Å². The number of carboxylic acids is 1. The molecular formula is C15H19NO4. The van der Waals surface area contributed by atoms with Gasteiger partial charge in [0.05, 0.1) is 18.6 Å². The number of nitrogens with one attached hydrogen (secondary N) is 1. The largest absolute Gasteiger partial charge is 0.478 e. The molecule has 5 nitrogen and oxygen atoms in total. The predicted molar refractivity (Wildman–Crippen MR) is 73.7 cm³/mol. The second-order valence-electron chi connectivity index (χ2n) is 5.53. The highest BCUT2D eigenvalue weighted by Gasteiger charge is 2.30. The Balaban J connectivity index is 1.93. The maximum absolute atomic E-state index is 11.9. The molecule has 1 fully saturated rings. The van der Waals surface area contributed by atoms with Gasteiger partial charge in [0.25, 0.3) is 0 Å². The zero-order chi connectivity index (χ0) is 14.6. The van der Waals surface area contributed by atoms with Gasteiger partial charge in [-0.05, 0) is 18.1 Å². The molecule has 0 aliphatic carbocycles. The quantitative estimate of drug-likeness (QED) is 0.854. The molecule has 1 saturated heterocycles. The summed E-state index contributed by atoms with van der Waals surface area (Å²) in [5, 5.41) is 11.9. The fourth-order valence-electron chi connectivity index (χ4n) is 2.28. The van der Waals surface area contributed by atoms with Gasteiger partial charge in [0.15, 0.2) is 0 Å². The fourth-order valence-corrected chi connectivity index (χ4v) is 2.28. The van der Waals surface area contributed by atoms with Gasteiger partial charge in [-0.2, -0.15) is 0 Å². The number of ether oxygens (including phenoxy) is 1. The van der Waals surface area contributed by atoms with E-state index in [-0.39, 0.29) is 23.3 Å². The second-order valence-corrected chi connectivity index (χ2v) is 5.53. The van der Waals surface area contributed by atoms with Crippen LogP contribution in [0.5, 0.6) is 0 Å². The van der Waals surface area contributed by atoms with Crippen LogP contribution in [0.1, 0.15) is 29.3 Å². The van der Waals surface area contributed by atoms with E-state index in [4.69, 9.17) is 9.84 Å². The lowest BCUT2D eigenvalue weighted by Crippen LogP contribution is -2.37. The van der Waals surface area contributed by atoms with Gasteiger partial charge in [0, 0.05) is 18.6 Å². The molecule has 1 aliphatic heterocycles. The van der Waals surface area contributed by atoms with Crippen LogP contribution in [0.2, 0.25) is 0 Å². The molecule has 0 saturated carbocycles. The Bertz CT molecular complexity index is 506. The molecular weight excluding hydrogens is 258 g/mol. The normalized spacial score (nSPS) is 21.6. The summed E-state index contributed by atoms with van der Waals surface area (Å²) in [4.78, 5) is 23.0. The first-order valence-electron chi connectivity index (χ1n) is 6.66. The minimum absolute atomic E-state index is 0.0119. The van der Waals surface area contributed by atoms with Crippen molar-refractivity contribution in [3.8, 4) is 0 Å². The standard InChI is InChI=1S/C15H19NO4/c1-15(6-7-20-10-15)9-16-13(17)8-11-4-2-3-5-12(11)14(18)19/h2-5H,6-10H2,1H3,(H,16,17)(H,18,19). The van der Waals surface area contributed by atoms with E-state index in [1.54, 1.807) is 18.2 Å². The lowest BCUT2D eigenvalue weighted by Gasteiger charge is -2.21. The van der Waals surface area contributed by atoms with Gasteiger partial charge < -0.3 is 15.2 Å². The van der Waals surface area contributed by atoms with Crippen molar-refractivity contribution in [2.45, 2.75) is 19.8 Å². The summed E-state index contributed by atoms with van der Waals surface area (Å²) >= 11 is 0. The van der Waals surface area contributed by atoms with Crippen LogP contribution in [0.25, 0.3) is 0 Å². The summed E-state index contributed by atoms with van der Waals surface area (Å²) in [5.41, 5.74) is 0.700. The Hall–Kier alpha value is -1.88. The van der Waals surface area contributed by atoms with Crippen molar-refractivity contribution < 1.29 is 19.4 Å². The maximum Gasteiger partial charge on any atom is 0.335 e. The van der Waals surface area contributed by atoms with Crippen LogP contribution in [0.15, 0.2) is 24.3 Å². The fraction of sp³-hybridized carbons (Fsp3) is 0.467.